The van der Waals surface area contributed by atoms with E-state index in [0.717, 1.165) is 11.1 Å². The van der Waals surface area contributed by atoms with Crippen LogP contribution < -0.4 is 11.1 Å². The third-order valence-corrected chi connectivity index (χ3v) is 3.10. The van der Waals surface area contributed by atoms with E-state index in [0.29, 0.717) is 17.1 Å². The fraction of sp³-hybridized carbons (Fsp3) is 0.200. The summed E-state index contributed by atoms with van der Waals surface area (Å²) in [6.07, 6.45) is 1.74. The van der Waals surface area contributed by atoms with Crippen molar-refractivity contribution >= 4 is 11.5 Å². The molecule has 3 N–H and O–H groups in total. The molecule has 0 saturated carbocycles. The standard InChI is InChI=1S/C15H16N4/c1-10-7-8-18-15(14(10)17)19-11(2)13-5-3-12(9-16)4-6-13/h3-8,11H,17H2,1-2H3,(H,18,19). The number of rotatable bonds is 3. The first-order valence-electron chi connectivity index (χ1n) is 6.09. The first-order chi connectivity index (χ1) is 9.11. The Balaban J connectivity index is 2.18. The lowest BCUT2D eigenvalue weighted by atomic mass is 10.1. The second-order valence-corrected chi connectivity index (χ2v) is 4.49. The van der Waals surface area contributed by atoms with Gasteiger partial charge in [0.25, 0.3) is 0 Å². The summed E-state index contributed by atoms with van der Waals surface area (Å²) in [4.78, 5) is 4.25. The van der Waals surface area contributed by atoms with Crippen LogP contribution in [0.3, 0.4) is 0 Å². The number of nitrogens with one attached hydrogen (secondary N) is 1. The van der Waals surface area contributed by atoms with E-state index >= 15 is 0 Å². The maximum atomic E-state index is 8.78. The number of hydrogen-bond donors (Lipinski definition) is 2. The zero-order valence-electron chi connectivity index (χ0n) is 11.0. The Morgan fingerprint density at radius 3 is 2.58 bits per heavy atom. The van der Waals surface area contributed by atoms with Gasteiger partial charge in [-0.1, -0.05) is 12.1 Å². The number of nitrogen functional groups attached to an aromatic ring is 1. The molecule has 1 atom stereocenters. The second-order valence-electron chi connectivity index (χ2n) is 4.49. The Kier molecular flexibility index (Phi) is 3.67. The molecule has 1 heterocycles. The van der Waals surface area contributed by atoms with Crippen LogP contribution in [0.2, 0.25) is 0 Å². The fourth-order valence-electron chi connectivity index (χ4n) is 1.82. The molecule has 19 heavy (non-hydrogen) atoms. The van der Waals surface area contributed by atoms with E-state index in [9.17, 15) is 0 Å². The number of nitriles is 1. The first kappa shape index (κ1) is 12.9. The van der Waals surface area contributed by atoms with Gasteiger partial charge in [0.05, 0.1) is 23.4 Å². The van der Waals surface area contributed by atoms with Crippen LogP contribution in [0.25, 0.3) is 0 Å². The summed E-state index contributed by atoms with van der Waals surface area (Å²) >= 11 is 0. The normalized spacial score (nSPS) is 11.6. The Morgan fingerprint density at radius 2 is 1.95 bits per heavy atom. The average Bonchev–Trinajstić information content (AvgIpc) is 2.44. The van der Waals surface area contributed by atoms with E-state index in [2.05, 4.69) is 16.4 Å². The molecule has 1 unspecified atom stereocenters. The topological polar surface area (TPSA) is 74.7 Å². The molecule has 0 fully saturated rings. The molecule has 0 amide bonds. The average molecular weight is 252 g/mol. The van der Waals surface area contributed by atoms with E-state index in [4.69, 9.17) is 11.0 Å². The third kappa shape index (κ3) is 2.83. The molecule has 0 saturated heterocycles. The van der Waals surface area contributed by atoms with E-state index in [1.807, 2.05) is 32.0 Å². The number of anilines is 2. The van der Waals surface area contributed by atoms with Crippen LogP contribution in [0.1, 0.15) is 29.7 Å². The smallest absolute Gasteiger partial charge is 0.149 e. The molecule has 0 bridgehead atoms. The van der Waals surface area contributed by atoms with Crippen LogP contribution in [0.15, 0.2) is 36.5 Å². The van der Waals surface area contributed by atoms with Crippen molar-refractivity contribution in [3.8, 4) is 6.07 Å². The van der Waals surface area contributed by atoms with Crippen molar-refractivity contribution in [2.24, 2.45) is 0 Å². The summed E-state index contributed by atoms with van der Waals surface area (Å²) in [5.74, 6) is 0.692. The molecule has 4 nitrogen and oxygen atoms in total. The lowest BCUT2D eigenvalue weighted by molar-refractivity contribution is 0.875. The second kappa shape index (κ2) is 5.40. The third-order valence-electron chi connectivity index (χ3n) is 3.10. The number of pyridine rings is 1. The Labute approximate surface area is 112 Å². The van der Waals surface area contributed by atoms with E-state index in [1.165, 1.54) is 0 Å². The van der Waals surface area contributed by atoms with Gasteiger partial charge in [-0.05, 0) is 43.2 Å². The Morgan fingerprint density at radius 1 is 1.26 bits per heavy atom. The summed E-state index contributed by atoms with van der Waals surface area (Å²) in [5, 5.41) is 12.1. The number of hydrogen-bond acceptors (Lipinski definition) is 4. The van der Waals surface area contributed by atoms with Crippen molar-refractivity contribution in [2.45, 2.75) is 19.9 Å². The number of nitrogens with two attached hydrogens (primary N) is 1. The lowest BCUT2D eigenvalue weighted by Crippen LogP contribution is -2.10. The Hall–Kier alpha value is -2.54. The number of aryl methyl sites for hydroxylation is 1. The molecular weight excluding hydrogens is 236 g/mol. The molecule has 0 radical (unpaired) electrons. The molecule has 4 heteroatoms. The highest BCUT2D eigenvalue weighted by atomic mass is 15.0. The molecule has 1 aromatic carbocycles. The van der Waals surface area contributed by atoms with Gasteiger partial charge in [0.2, 0.25) is 0 Å². The van der Waals surface area contributed by atoms with Gasteiger partial charge < -0.3 is 11.1 Å². The number of benzene rings is 1. The van der Waals surface area contributed by atoms with Gasteiger partial charge >= 0.3 is 0 Å². The molecular formula is C15H16N4. The minimum atomic E-state index is 0.0735. The largest absolute Gasteiger partial charge is 0.396 e. The summed E-state index contributed by atoms with van der Waals surface area (Å²) in [6, 6.07) is 11.5. The quantitative estimate of drug-likeness (QED) is 0.880. The number of nitrogens with zero attached hydrogens (tertiary/aromatic N) is 2. The van der Waals surface area contributed by atoms with Crippen molar-refractivity contribution in [3.63, 3.8) is 0 Å². The monoisotopic (exact) mass is 252 g/mol. The number of aromatic nitrogens is 1. The van der Waals surface area contributed by atoms with Crippen LogP contribution in [-0.4, -0.2) is 4.98 Å². The van der Waals surface area contributed by atoms with Crippen molar-refractivity contribution < 1.29 is 0 Å². The molecule has 0 aliphatic carbocycles. The van der Waals surface area contributed by atoms with E-state index < -0.39 is 0 Å². The fourth-order valence-corrected chi connectivity index (χ4v) is 1.82. The highest BCUT2D eigenvalue weighted by Crippen LogP contribution is 2.24. The zero-order valence-corrected chi connectivity index (χ0v) is 11.0. The highest BCUT2D eigenvalue weighted by molar-refractivity contribution is 5.65. The van der Waals surface area contributed by atoms with Crippen LogP contribution in [0, 0.1) is 18.3 Å². The van der Waals surface area contributed by atoms with Crippen LogP contribution in [0.5, 0.6) is 0 Å². The molecule has 0 aliphatic heterocycles. The van der Waals surface area contributed by atoms with Gasteiger partial charge in [-0.15, -0.1) is 0 Å². The van der Waals surface area contributed by atoms with Gasteiger partial charge in [0, 0.05) is 6.20 Å². The predicted octanol–water partition coefficient (Wildman–Crippen LogP) is 3.02. The minimum Gasteiger partial charge on any atom is -0.396 e. The van der Waals surface area contributed by atoms with Gasteiger partial charge in [-0.2, -0.15) is 5.26 Å². The minimum absolute atomic E-state index is 0.0735. The predicted molar refractivity (Wildman–Crippen MR) is 76.6 cm³/mol. The molecule has 0 spiro atoms. The van der Waals surface area contributed by atoms with Gasteiger partial charge in [-0.25, -0.2) is 4.98 Å². The lowest BCUT2D eigenvalue weighted by Gasteiger charge is -2.17. The SMILES string of the molecule is Cc1ccnc(NC(C)c2ccc(C#N)cc2)c1N. The molecule has 2 rings (SSSR count). The summed E-state index contributed by atoms with van der Waals surface area (Å²) in [6.45, 7) is 3.99. The first-order valence-corrected chi connectivity index (χ1v) is 6.09. The van der Waals surface area contributed by atoms with Crippen molar-refractivity contribution in [1.29, 1.82) is 5.26 Å². The van der Waals surface area contributed by atoms with Gasteiger partial charge in [0.15, 0.2) is 0 Å². The van der Waals surface area contributed by atoms with Crippen molar-refractivity contribution in [1.82, 2.24) is 4.98 Å². The van der Waals surface area contributed by atoms with Crippen molar-refractivity contribution in [2.75, 3.05) is 11.1 Å². The molecule has 96 valence electrons. The van der Waals surface area contributed by atoms with Crippen LogP contribution in [-0.2, 0) is 0 Å². The summed E-state index contributed by atoms with van der Waals surface area (Å²) in [7, 11) is 0. The van der Waals surface area contributed by atoms with E-state index in [1.54, 1.807) is 18.3 Å². The van der Waals surface area contributed by atoms with Gasteiger partial charge in [-0.3, -0.25) is 0 Å². The maximum Gasteiger partial charge on any atom is 0.149 e. The summed E-state index contributed by atoms with van der Waals surface area (Å²) < 4.78 is 0. The van der Waals surface area contributed by atoms with Crippen LogP contribution >= 0.6 is 0 Å². The highest BCUT2D eigenvalue weighted by Gasteiger charge is 2.09. The zero-order chi connectivity index (χ0) is 13.8. The molecule has 2 aromatic rings. The van der Waals surface area contributed by atoms with Gasteiger partial charge in [0.1, 0.15) is 5.82 Å². The van der Waals surface area contributed by atoms with Crippen molar-refractivity contribution in [3.05, 3.63) is 53.2 Å². The molecule has 0 aliphatic rings. The Bertz CT molecular complexity index is 611. The summed E-state index contributed by atoms with van der Waals surface area (Å²) in [5.41, 5.74) is 9.40. The van der Waals surface area contributed by atoms with E-state index in [-0.39, 0.29) is 6.04 Å². The van der Waals surface area contributed by atoms with Crippen LogP contribution in [0.4, 0.5) is 11.5 Å². The maximum absolute atomic E-state index is 8.78. The molecule has 1 aromatic heterocycles.